The van der Waals surface area contributed by atoms with Crippen molar-refractivity contribution in [1.29, 1.82) is 0 Å². The molecule has 0 aliphatic rings. The SMILES string of the molecule is O=S(=O)(c1ccc(-c2ccc3c(c2)c2cccc4c5ccccc5n3c42)cc1)c1ccc(-c2ccc3c(c2)c2cccc4c5ccccc5n3c42)cc1. The largest absolute Gasteiger partial charge is 0.308 e. The number of hydrogen-bond donors (Lipinski definition) is 0. The van der Waals surface area contributed by atoms with E-state index in [0.29, 0.717) is 0 Å². The summed E-state index contributed by atoms with van der Waals surface area (Å²) in [5, 5.41) is 9.86. The molecule has 53 heavy (non-hydrogen) atoms. The van der Waals surface area contributed by atoms with Gasteiger partial charge in [-0.05, 0) is 82.9 Å². The molecule has 5 heteroatoms. The summed E-state index contributed by atoms with van der Waals surface area (Å²) in [6.07, 6.45) is 0. The van der Waals surface area contributed by atoms with Crippen LogP contribution in [0.5, 0.6) is 0 Å². The van der Waals surface area contributed by atoms with Crippen LogP contribution < -0.4 is 0 Å². The minimum absolute atomic E-state index is 0.280. The molecule has 0 amide bonds. The minimum Gasteiger partial charge on any atom is -0.308 e. The summed E-state index contributed by atoms with van der Waals surface area (Å²) in [4.78, 5) is 0.559. The Balaban J connectivity index is 0.877. The van der Waals surface area contributed by atoms with Crippen molar-refractivity contribution >= 4 is 86.0 Å². The van der Waals surface area contributed by atoms with Crippen LogP contribution in [0.1, 0.15) is 0 Å². The molecule has 0 spiro atoms. The van der Waals surface area contributed by atoms with Crippen LogP contribution in [-0.2, 0) is 9.84 Å². The third-order valence-corrected chi connectivity index (χ3v) is 13.2. The topological polar surface area (TPSA) is 43.0 Å². The Morgan fingerprint density at radius 3 is 1.08 bits per heavy atom. The fourth-order valence-corrected chi connectivity index (χ4v) is 10.3. The third-order valence-electron chi connectivity index (χ3n) is 11.4. The fraction of sp³-hybridized carbons (Fsp3) is 0. The van der Waals surface area contributed by atoms with Crippen LogP contribution in [0.2, 0.25) is 0 Å². The monoisotopic (exact) mass is 696 g/mol. The van der Waals surface area contributed by atoms with Crippen molar-refractivity contribution < 1.29 is 8.42 Å². The summed E-state index contributed by atoms with van der Waals surface area (Å²) in [5.74, 6) is 0. The molecule has 0 aliphatic heterocycles. The van der Waals surface area contributed by atoms with E-state index in [2.05, 4.69) is 130 Å². The van der Waals surface area contributed by atoms with E-state index in [0.717, 1.165) is 22.3 Å². The van der Waals surface area contributed by atoms with E-state index < -0.39 is 9.84 Å². The Labute approximate surface area is 304 Å². The number of benzene rings is 8. The highest BCUT2D eigenvalue weighted by atomic mass is 32.2. The van der Waals surface area contributed by atoms with Gasteiger partial charge in [-0.15, -0.1) is 0 Å². The van der Waals surface area contributed by atoms with E-state index in [1.165, 1.54) is 76.2 Å². The van der Waals surface area contributed by atoms with Crippen LogP contribution in [0, 0.1) is 0 Å². The molecule has 0 fully saturated rings. The Morgan fingerprint density at radius 1 is 0.302 bits per heavy atom. The molecule has 0 unspecified atom stereocenters. The lowest BCUT2D eigenvalue weighted by atomic mass is 10.0. The van der Waals surface area contributed by atoms with Gasteiger partial charge in [0.2, 0.25) is 9.84 Å². The molecule has 4 nitrogen and oxygen atoms in total. The maximum absolute atomic E-state index is 13.8. The molecule has 0 saturated carbocycles. The number of fused-ring (bicyclic) bond motifs is 12. The molecular weight excluding hydrogens is 669 g/mol. The first-order valence-electron chi connectivity index (χ1n) is 17.8. The first kappa shape index (κ1) is 28.9. The molecule has 248 valence electrons. The van der Waals surface area contributed by atoms with Crippen LogP contribution in [0.4, 0.5) is 0 Å². The lowest BCUT2D eigenvalue weighted by molar-refractivity contribution is 0.596. The normalized spacial score (nSPS) is 12.7. The average molecular weight is 697 g/mol. The summed E-state index contributed by atoms with van der Waals surface area (Å²) in [7, 11) is -3.71. The van der Waals surface area contributed by atoms with Gasteiger partial charge in [0, 0.05) is 43.1 Å². The molecular formula is C48H28N2O2S. The van der Waals surface area contributed by atoms with E-state index >= 15 is 0 Å². The van der Waals surface area contributed by atoms with Gasteiger partial charge < -0.3 is 8.80 Å². The molecule has 8 aromatic carbocycles. The van der Waals surface area contributed by atoms with Gasteiger partial charge in [0.05, 0.1) is 42.9 Å². The molecule has 0 N–H and O–H groups in total. The molecule has 0 bridgehead atoms. The zero-order chi connectivity index (χ0) is 35.0. The summed E-state index contributed by atoms with van der Waals surface area (Å²) >= 11 is 0. The number of nitrogens with zero attached hydrogens (tertiary/aromatic N) is 2. The van der Waals surface area contributed by atoms with Gasteiger partial charge >= 0.3 is 0 Å². The lowest BCUT2D eigenvalue weighted by Gasteiger charge is -2.09. The van der Waals surface area contributed by atoms with Gasteiger partial charge in [0.15, 0.2) is 0 Å². The first-order chi connectivity index (χ1) is 26.0. The molecule has 0 atom stereocenters. The maximum Gasteiger partial charge on any atom is 0.206 e. The zero-order valence-electron chi connectivity index (χ0n) is 28.3. The van der Waals surface area contributed by atoms with Gasteiger partial charge in [-0.2, -0.15) is 0 Å². The van der Waals surface area contributed by atoms with E-state index in [9.17, 15) is 8.42 Å². The quantitative estimate of drug-likeness (QED) is 0.184. The van der Waals surface area contributed by atoms with Crippen LogP contribution in [0.15, 0.2) is 180 Å². The van der Waals surface area contributed by atoms with E-state index in [1.807, 2.05) is 24.3 Å². The Kier molecular flexibility index (Phi) is 5.58. The molecule has 4 aromatic heterocycles. The standard InChI is InChI=1S/C48H28N2O2S/c51-53(52,33-21-15-29(16-22-33)31-19-25-45-41(27-31)39-11-5-9-37-35-7-1-3-13-43(35)49(45)47(37)39)34-23-17-30(18-24-34)32-20-26-46-42(28-32)40-12-6-10-38-36-8-2-4-14-44(36)50(46)48(38)40/h1-28H. The first-order valence-corrected chi connectivity index (χ1v) is 19.3. The number of rotatable bonds is 4. The van der Waals surface area contributed by atoms with Gasteiger partial charge in [0.25, 0.3) is 0 Å². The van der Waals surface area contributed by atoms with Crippen molar-refractivity contribution in [3.05, 3.63) is 170 Å². The predicted octanol–water partition coefficient (Wildman–Crippen LogP) is 12.2. The van der Waals surface area contributed by atoms with Gasteiger partial charge in [0.1, 0.15) is 0 Å². The van der Waals surface area contributed by atoms with Crippen molar-refractivity contribution in [3.8, 4) is 22.3 Å². The van der Waals surface area contributed by atoms with Gasteiger partial charge in [-0.1, -0.05) is 109 Å². The number of sulfone groups is 1. The lowest BCUT2D eigenvalue weighted by Crippen LogP contribution is -2.01. The molecule has 0 saturated heterocycles. The van der Waals surface area contributed by atoms with Crippen molar-refractivity contribution in [2.45, 2.75) is 9.79 Å². The second kappa shape index (κ2) is 10.2. The second-order valence-corrected chi connectivity index (χ2v) is 16.1. The zero-order valence-corrected chi connectivity index (χ0v) is 29.1. The highest BCUT2D eigenvalue weighted by Crippen LogP contribution is 2.42. The molecule has 12 aromatic rings. The predicted molar refractivity (Wildman–Crippen MR) is 219 cm³/mol. The summed E-state index contributed by atoms with van der Waals surface area (Å²) < 4.78 is 32.4. The Bertz CT molecular complexity index is 3320. The second-order valence-electron chi connectivity index (χ2n) is 14.1. The van der Waals surface area contributed by atoms with Gasteiger partial charge in [-0.25, -0.2) is 8.42 Å². The smallest absolute Gasteiger partial charge is 0.206 e. The molecule has 0 aliphatic carbocycles. The van der Waals surface area contributed by atoms with E-state index in [4.69, 9.17) is 0 Å². The third kappa shape index (κ3) is 3.81. The summed E-state index contributed by atoms with van der Waals surface area (Å²) in [6, 6.07) is 57.8. The van der Waals surface area contributed by atoms with Crippen molar-refractivity contribution in [1.82, 2.24) is 8.80 Å². The van der Waals surface area contributed by atoms with Crippen LogP contribution in [-0.4, -0.2) is 17.2 Å². The van der Waals surface area contributed by atoms with Crippen molar-refractivity contribution in [3.63, 3.8) is 0 Å². The molecule has 4 heterocycles. The average Bonchev–Trinajstić information content (AvgIpc) is 3.94. The highest BCUT2D eigenvalue weighted by molar-refractivity contribution is 7.91. The minimum atomic E-state index is -3.71. The fourth-order valence-electron chi connectivity index (χ4n) is 9.01. The molecule has 0 radical (unpaired) electrons. The van der Waals surface area contributed by atoms with Crippen LogP contribution in [0.3, 0.4) is 0 Å². The molecule has 12 rings (SSSR count). The Hall–Kier alpha value is -6.69. The van der Waals surface area contributed by atoms with E-state index in [-0.39, 0.29) is 9.79 Å². The highest BCUT2D eigenvalue weighted by Gasteiger charge is 2.21. The van der Waals surface area contributed by atoms with E-state index in [1.54, 1.807) is 24.3 Å². The van der Waals surface area contributed by atoms with Crippen molar-refractivity contribution in [2.24, 2.45) is 0 Å². The Morgan fingerprint density at radius 2 is 0.642 bits per heavy atom. The maximum atomic E-state index is 13.8. The summed E-state index contributed by atoms with van der Waals surface area (Å²) in [6.45, 7) is 0. The summed E-state index contributed by atoms with van der Waals surface area (Å²) in [5.41, 5.74) is 11.3. The van der Waals surface area contributed by atoms with Crippen LogP contribution >= 0.6 is 0 Å². The number of hydrogen-bond acceptors (Lipinski definition) is 2. The van der Waals surface area contributed by atoms with Crippen molar-refractivity contribution in [2.75, 3.05) is 0 Å². The van der Waals surface area contributed by atoms with Crippen LogP contribution in [0.25, 0.3) is 98.4 Å². The van der Waals surface area contributed by atoms with Gasteiger partial charge in [-0.3, -0.25) is 0 Å². The number of para-hydroxylation sites is 4. The number of aromatic nitrogens is 2.